The SMILES string of the molecule is CC1(C)O[C@H]([C@H]2COC(C)(C)O2)[C@@H]([C@H]2C[C@@H](C=O)OC(C)(C)O2)O1. The second kappa shape index (κ2) is 6.00. The van der Waals surface area contributed by atoms with Gasteiger partial charge in [0.15, 0.2) is 17.4 Å². The highest BCUT2D eigenvalue weighted by molar-refractivity contribution is 5.56. The lowest BCUT2D eigenvalue weighted by Crippen LogP contribution is -2.53. The van der Waals surface area contributed by atoms with Crippen molar-refractivity contribution in [2.75, 3.05) is 6.61 Å². The van der Waals surface area contributed by atoms with Gasteiger partial charge in [0, 0.05) is 6.42 Å². The quantitative estimate of drug-likeness (QED) is 0.722. The van der Waals surface area contributed by atoms with Gasteiger partial charge in [0.25, 0.3) is 0 Å². The molecule has 0 radical (unpaired) electrons. The number of hydrogen-bond acceptors (Lipinski definition) is 7. The molecule has 0 aliphatic carbocycles. The summed E-state index contributed by atoms with van der Waals surface area (Å²) in [5.74, 6) is -2.26. The summed E-state index contributed by atoms with van der Waals surface area (Å²) in [5.41, 5.74) is 0. The topological polar surface area (TPSA) is 72.5 Å². The molecular weight excluding hydrogens is 316 g/mol. The molecule has 3 fully saturated rings. The van der Waals surface area contributed by atoms with Gasteiger partial charge in [0.2, 0.25) is 0 Å². The van der Waals surface area contributed by atoms with Crippen LogP contribution in [0, 0.1) is 0 Å². The molecule has 0 bridgehead atoms. The third-order valence-electron chi connectivity index (χ3n) is 4.41. The second-order valence-electron chi connectivity index (χ2n) is 8.02. The molecule has 0 N–H and O–H groups in total. The molecule has 3 heterocycles. The van der Waals surface area contributed by atoms with Crippen molar-refractivity contribution >= 4 is 6.29 Å². The zero-order chi connectivity index (χ0) is 17.8. The van der Waals surface area contributed by atoms with Crippen LogP contribution in [0.1, 0.15) is 48.0 Å². The van der Waals surface area contributed by atoms with Crippen molar-refractivity contribution in [3.8, 4) is 0 Å². The molecule has 0 aromatic heterocycles. The summed E-state index contributed by atoms with van der Waals surface area (Å²) in [6, 6.07) is 0. The average Bonchev–Trinajstić information content (AvgIpc) is 2.96. The van der Waals surface area contributed by atoms with Gasteiger partial charge in [-0.25, -0.2) is 0 Å². The van der Waals surface area contributed by atoms with E-state index in [1.165, 1.54) is 0 Å². The van der Waals surface area contributed by atoms with E-state index in [1.54, 1.807) is 13.8 Å². The van der Waals surface area contributed by atoms with Gasteiger partial charge in [-0.1, -0.05) is 0 Å². The Balaban J connectivity index is 1.80. The first-order valence-electron chi connectivity index (χ1n) is 8.49. The van der Waals surface area contributed by atoms with Gasteiger partial charge in [-0.2, -0.15) is 0 Å². The molecule has 0 aromatic rings. The number of rotatable bonds is 3. The number of carbonyl (C=O) groups is 1. The minimum absolute atomic E-state index is 0.254. The minimum atomic E-state index is -0.860. The van der Waals surface area contributed by atoms with Gasteiger partial charge in [-0.05, 0) is 41.5 Å². The molecule has 0 unspecified atom stereocenters. The fourth-order valence-electron chi connectivity index (χ4n) is 3.64. The van der Waals surface area contributed by atoms with E-state index in [0.717, 1.165) is 6.29 Å². The monoisotopic (exact) mass is 344 g/mol. The van der Waals surface area contributed by atoms with Crippen LogP contribution in [-0.4, -0.2) is 60.8 Å². The first-order chi connectivity index (χ1) is 11.0. The minimum Gasteiger partial charge on any atom is -0.348 e. The Morgan fingerprint density at radius 2 is 1.29 bits per heavy atom. The maximum absolute atomic E-state index is 11.3. The van der Waals surface area contributed by atoms with Crippen LogP contribution in [0.15, 0.2) is 0 Å². The molecule has 0 saturated carbocycles. The molecule has 3 aliphatic heterocycles. The molecule has 3 aliphatic rings. The summed E-state index contributed by atoms with van der Waals surface area (Å²) < 4.78 is 35.5. The fraction of sp³-hybridized carbons (Fsp3) is 0.941. The summed E-state index contributed by atoms with van der Waals surface area (Å²) in [4.78, 5) is 11.3. The molecule has 7 heteroatoms. The largest absolute Gasteiger partial charge is 0.348 e. The lowest BCUT2D eigenvalue weighted by atomic mass is 9.97. The zero-order valence-corrected chi connectivity index (χ0v) is 15.2. The van der Waals surface area contributed by atoms with Gasteiger partial charge in [0.1, 0.15) is 30.7 Å². The van der Waals surface area contributed by atoms with E-state index in [2.05, 4.69) is 0 Å². The number of aldehydes is 1. The third-order valence-corrected chi connectivity index (χ3v) is 4.41. The smallest absolute Gasteiger partial charge is 0.164 e. The molecule has 0 aromatic carbocycles. The van der Waals surface area contributed by atoms with E-state index < -0.39 is 23.5 Å². The lowest BCUT2D eigenvalue weighted by molar-refractivity contribution is -0.309. The Hall–Kier alpha value is -0.570. The highest BCUT2D eigenvalue weighted by Crippen LogP contribution is 2.40. The van der Waals surface area contributed by atoms with E-state index in [4.69, 9.17) is 28.4 Å². The van der Waals surface area contributed by atoms with Crippen LogP contribution in [0.5, 0.6) is 0 Å². The predicted octanol–water partition coefficient (Wildman–Crippen LogP) is 1.77. The standard InChI is InChI=1S/C17H28O7/c1-15(2)19-9-12(22-15)14-13(23-17(5,6)24-14)11-7-10(8-18)20-16(3,4)21-11/h8,10-14H,7,9H2,1-6H3/t10-,11+,12+,13+,14+/m0/s1. The number of ether oxygens (including phenoxy) is 6. The highest BCUT2D eigenvalue weighted by Gasteiger charge is 2.54. The summed E-state index contributed by atoms with van der Waals surface area (Å²) in [7, 11) is 0. The lowest BCUT2D eigenvalue weighted by Gasteiger charge is -2.42. The molecule has 24 heavy (non-hydrogen) atoms. The Kier molecular flexibility index (Phi) is 4.56. The molecule has 3 rings (SSSR count). The third kappa shape index (κ3) is 3.81. The van der Waals surface area contributed by atoms with Crippen LogP contribution in [0.25, 0.3) is 0 Å². The van der Waals surface area contributed by atoms with Gasteiger partial charge in [0.05, 0.1) is 12.7 Å². The van der Waals surface area contributed by atoms with Gasteiger partial charge < -0.3 is 33.2 Å². The predicted molar refractivity (Wildman–Crippen MR) is 83.2 cm³/mol. The van der Waals surface area contributed by atoms with Crippen molar-refractivity contribution in [2.24, 2.45) is 0 Å². The maximum atomic E-state index is 11.3. The molecule has 138 valence electrons. The van der Waals surface area contributed by atoms with E-state index in [0.29, 0.717) is 13.0 Å². The molecule has 3 saturated heterocycles. The summed E-state index contributed by atoms with van der Waals surface area (Å²) in [6.45, 7) is 11.5. The Morgan fingerprint density at radius 1 is 0.750 bits per heavy atom. The van der Waals surface area contributed by atoms with E-state index in [9.17, 15) is 4.79 Å². The summed E-state index contributed by atoms with van der Waals surface area (Å²) >= 11 is 0. The van der Waals surface area contributed by atoms with Gasteiger partial charge in [-0.15, -0.1) is 0 Å². The van der Waals surface area contributed by atoms with Gasteiger partial charge in [-0.3, -0.25) is 0 Å². The van der Waals surface area contributed by atoms with Crippen molar-refractivity contribution in [2.45, 2.75) is 95.8 Å². The Bertz CT molecular complexity index is 487. The van der Waals surface area contributed by atoms with Crippen LogP contribution in [0.2, 0.25) is 0 Å². The van der Waals surface area contributed by atoms with E-state index in [-0.39, 0.29) is 24.4 Å². The van der Waals surface area contributed by atoms with Crippen LogP contribution in [-0.2, 0) is 33.2 Å². The average molecular weight is 344 g/mol. The zero-order valence-electron chi connectivity index (χ0n) is 15.2. The van der Waals surface area contributed by atoms with Crippen molar-refractivity contribution < 1.29 is 33.2 Å². The first-order valence-corrected chi connectivity index (χ1v) is 8.49. The van der Waals surface area contributed by atoms with Crippen LogP contribution in [0.4, 0.5) is 0 Å². The fourth-order valence-corrected chi connectivity index (χ4v) is 3.64. The summed E-state index contributed by atoms with van der Waals surface area (Å²) in [6.07, 6.45) is -0.584. The second-order valence-corrected chi connectivity index (χ2v) is 8.02. The molecule has 0 amide bonds. The first kappa shape index (κ1) is 18.2. The Morgan fingerprint density at radius 3 is 1.83 bits per heavy atom. The number of hydrogen-bond donors (Lipinski definition) is 0. The normalized spacial score (nSPS) is 43.7. The number of carbonyl (C=O) groups excluding carboxylic acids is 1. The molecule has 0 spiro atoms. The van der Waals surface area contributed by atoms with Crippen LogP contribution < -0.4 is 0 Å². The van der Waals surface area contributed by atoms with Crippen LogP contribution >= 0.6 is 0 Å². The highest BCUT2D eigenvalue weighted by atomic mass is 16.8. The molecular formula is C17H28O7. The van der Waals surface area contributed by atoms with Gasteiger partial charge >= 0.3 is 0 Å². The molecule has 5 atom stereocenters. The molecule has 7 nitrogen and oxygen atoms in total. The van der Waals surface area contributed by atoms with Crippen molar-refractivity contribution in [3.63, 3.8) is 0 Å². The Labute approximate surface area is 142 Å². The maximum Gasteiger partial charge on any atom is 0.164 e. The van der Waals surface area contributed by atoms with E-state index in [1.807, 2.05) is 27.7 Å². The van der Waals surface area contributed by atoms with Crippen molar-refractivity contribution in [1.29, 1.82) is 0 Å². The van der Waals surface area contributed by atoms with E-state index >= 15 is 0 Å². The summed E-state index contributed by atoms with van der Waals surface area (Å²) in [5, 5.41) is 0. The van der Waals surface area contributed by atoms with Crippen LogP contribution in [0.3, 0.4) is 0 Å². The van der Waals surface area contributed by atoms with Crippen molar-refractivity contribution in [3.05, 3.63) is 0 Å². The van der Waals surface area contributed by atoms with Crippen molar-refractivity contribution in [1.82, 2.24) is 0 Å².